The molecule has 0 aliphatic rings. The number of rotatable bonds is 3. The predicted octanol–water partition coefficient (Wildman–Crippen LogP) is 4.80. The van der Waals surface area contributed by atoms with E-state index in [9.17, 15) is 0 Å². The zero-order chi connectivity index (χ0) is 13.1. The molecule has 2 aromatic rings. The standard InChI is InChI=1S/C14H12Br2O2/c1-9-6-11(3-4-12(9)15)18-14-5-2-10(8-17)7-13(14)16/h2-7,17H,8H2,1H3. The topological polar surface area (TPSA) is 29.5 Å². The highest BCUT2D eigenvalue weighted by molar-refractivity contribution is 9.10. The molecule has 2 aromatic carbocycles. The largest absolute Gasteiger partial charge is 0.456 e. The molecule has 0 saturated carbocycles. The third-order valence-corrected chi connectivity index (χ3v) is 4.05. The van der Waals surface area contributed by atoms with E-state index in [2.05, 4.69) is 31.9 Å². The van der Waals surface area contributed by atoms with E-state index in [4.69, 9.17) is 9.84 Å². The number of aliphatic hydroxyl groups excluding tert-OH is 1. The van der Waals surface area contributed by atoms with Crippen molar-refractivity contribution in [2.75, 3.05) is 0 Å². The first kappa shape index (κ1) is 13.6. The number of aliphatic hydroxyl groups is 1. The summed E-state index contributed by atoms with van der Waals surface area (Å²) >= 11 is 6.89. The molecule has 94 valence electrons. The van der Waals surface area contributed by atoms with Crippen molar-refractivity contribution in [3.05, 3.63) is 56.5 Å². The summed E-state index contributed by atoms with van der Waals surface area (Å²) in [6.45, 7) is 2.04. The third kappa shape index (κ3) is 3.13. The number of ether oxygens (including phenoxy) is 1. The second kappa shape index (κ2) is 5.87. The Morgan fingerprint density at radius 3 is 2.44 bits per heavy atom. The summed E-state index contributed by atoms with van der Waals surface area (Å²) in [5.74, 6) is 1.52. The minimum atomic E-state index is 0.0241. The first-order valence-corrected chi connectivity index (χ1v) is 7.02. The number of hydrogen-bond donors (Lipinski definition) is 1. The van der Waals surface area contributed by atoms with Crippen LogP contribution in [0.4, 0.5) is 0 Å². The lowest BCUT2D eigenvalue weighted by atomic mass is 10.2. The van der Waals surface area contributed by atoms with Gasteiger partial charge in [0, 0.05) is 4.47 Å². The maximum Gasteiger partial charge on any atom is 0.141 e. The van der Waals surface area contributed by atoms with Gasteiger partial charge < -0.3 is 9.84 Å². The monoisotopic (exact) mass is 370 g/mol. The van der Waals surface area contributed by atoms with Crippen LogP contribution in [-0.2, 0) is 6.61 Å². The highest BCUT2D eigenvalue weighted by Gasteiger charge is 2.05. The van der Waals surface area contributed by atoms with Crippen LogP contribution in [0.5, 0.6) is 11.5 Å². The van der Waals surface area contributed by atoms with E-state index in [-0.39, 0.29) is 6.61 Å². The zero-order valence-electron chi connectivity index (χ0n) is 9.78. The summed E-state index contributed by atoms with van der Waals surface area (Å²) in [7, 11) is 0. The van der Waals surface area contributed by atoms with Crippen LogP contribution < -0.4 is 4.74 Å². The third-order valence-electron chi connectivity index (χ3n) is 2.54. The second-order valence-corrected chi connectivity index (χ2v) is 5.64. The van der Waals surface area contributed by atoms with E-state index in [0.717, 1.165) is 31.6 Å². The molecule has 0 atom stereocenters. The summed E-state index contributed by atoms with van der Waals surface area (Å²) < 4.78 is 7.68. The lowest BCUT2D eigenvalue weighted by molar-refractivity contribution is 0.281. The summed E-state index contributed by atoms with van der Waals surface area (Å²) in [5, 5.41) is 9.04. The van der Waals surface area contributed by atoms with Crippen molar-refractivity contribution in [2.45, 2.75) is 13.5 Å². The first-order valence-electron chi connectivity index (χ1n) is 5.43. The fourth-order valence-corrected chi connectivity index (χ4v) is 2.29. The molecule has 2 nitrogen and oxygen atoms in total. The fourth-order valence-electron chi connectivity index (χ4n) is 1.53. The SMILES string of the molecule is Cc1cc(Oc2ccc(CO)cc2Br)ccc1Br. The van der Waals surface area contributed by atoms with Crippen molar-refractivity contribution in [1.29, 1.82) is 0 Å². The number of aryl methyl sites for hydroxylation is 1. The van der Waals surface area contributed by atoms with Crippen LogP contribution in [0.25, 0.3) is 0 Å². The van der Waals surface area contributed by atoms with Gasteiger partial charge >= 0.3 is 0 Å². The van der Waals surface area contributed by atoms with Gasteiger partial charge in [-0.25, -0.2) is 0 Å². The molecule has 0 amide bonds. The van der Waals surface area contributed by atoms with Crippen molar-refractivity contribution >= 4 is 31.9 Å². The van der Waals surface area contributed by atoms with Gasteiger partial charge in [0.25, 0.3) is 0 Å². The molecule has 0 spiro atoms. The molecule has 0 bridgehead atoms. The smallest absolute Gasteiger partial charge is 0.141 e. The van der Waals surface area contributed by atoms with Gasteiger partial charge in [0.15, 0.2) is 0 Å². The van der Waals surface area contributed by atoms with Gasteiger partial charge in [0.1, 0.15) is 11.5 Å². The Morgan fingerprint density at radius 2 is 1.83 bits per heavy atom. The molecule has 1 N–H and O–H groups in total. The first-order chi connectivity index (χ1) is 8.60. The van der Waals surface area contributed by atoms with E-state index in [1.54, 1.807) is 0 Å². The summed E-state index contributed by atoms with van der Waals surface area (Å²) in [5.41, 5.74) is 1.97. The van der Waals surface area contributed by atoms with Gasteiger partial charge in [-0.15, -0.1) is 0 Å². The molecule has 0 fully saturated rings. The van der Waals surface area contributed by atoms with E-state index < -0.39 is 0 Å². The Balaban J connectivity index is 2.25. The molecular formula is C14H12Br2O2. The maximum atomic E-state index is 9.04. The molecule has 4 heteroatoms. The fraction of sp³-hybridized carbons (Fsp3) is 0.143. The second-order valence-electron chi connectivity index (χ2n) is 3.94. The summed E-state index contributed by atoms with van der Waals surface area (Å²) in [4.78, 5) is 0. The van der Waals surface area contributed by atoms with Crippen LogP contribution in [0.3, 0.4) is 0 Å². The Morgan fingerprint density at radius 1 is 1.06 bits per heavy atom. The van der Waals surface area contributed by atoms with Crippen LogP contribution >= 0.6 is 31.9 Å². The van der Waals surface area contributed by atoms with Crippen molar-refractivity contribution in [3.8, 4) is 11.5 Å². The van der Waals surface area contributed by atoms with E-state index in [1.165, 1.54) is 0 Å². The molecule has 0 aliphatic carbocycles. The molecule has 0 heterocycles. The summed E-state index contributed by atoms with van der Waals surface area (Å²) in [6.07, 6.45) is 0. The molecule has 0 radical (unpaired) electrons. The van der Waals surface area contributed by atoms with E-state index in [0.29, 0.717) is 0 Å². The minimum absolute atomic E-state index is 0.0241. The molecule has 0 aromatic heterocycles. The normalized spacial score (nSPS) is 10.4. The average molecular weight is 372 g/mol. The molecule has 2 rings (SSSR count). The van der Waals surface area contributed by atoms with Crippen molar-refractivity contribution < 1.29 is 9.84 Å². The van der Waals surface area contributed by atoms with Crippen LogP contribution in [0, 0.1) is 6.92 Å². The summed E-state index contributed by atoms with van der Waals surface area (Å²) in [6, 6.07) is 11.4. The van der Waals surface area contributed by atoms with Crippen molar-refractivity contribution in [2.24, 2.45) is 0 Å². The average Bonchev–Trinajstić information content (AvgIpc) is 2.36. The van der Waals surface area contributed by atoms with E-state index in [1.807, 2.05) is 43.3 Å². The van der Waals surface area contributed by atoms with Crippen LogP contribution in [0.15, 0.2) is 45.3 Å². The lowest BCUT2D eigenvalue weighted by Gasteiger charge is -2.10. The Kier molecular flexibility index (Phi) is 4.43. The van der Waals surface area contributed by atoms with Gasteiger partial charge in [0.05, 0.1) is 11.1 Å². The molecular weight excluding hydrogens is 360 g/mol. The molecule has 0 unspecified atom stereocenters. The maximum absolute atomic E-state index is 9.04. The molecule has 18 heavy (non-hydrogen) atoms. The minimum Gasteiger partial charge on any atom is -0.456 e. The van der Waals surface area contributed by atoms with Gasteiger partial charge in [-0.05, 0) is 64.3 Å². The highest BCUT2D eigenvalue weighted by Crippen LogP contribution is 2.32. The predicted molar refractivity (Wildman–Crippen MR) is 79.0 cm³/mol. The quantitative estimate of drug-likeness (QED) is 0.839. The zero-order valence-corrected chi connectivity index (χ0v) is 13.0. The lowest BCUT2D eigenvalue weighted by Crippen LogP contribution is -1.89. The van der Waals surface area contributed by atoms with E-state index >= 15 is 0 Å². The van der Waals surface area contributed by atoms with Crippen LogP contribution in [0.2, 0.25) is 0 Å². The Labute approximate surface area is 123 Å². The Bertz CT molecular complexity index is 568. The van der Waals surface area contributed by atoms with Gasteiger partial charge in [-0.1, -0.05) is 22.0 Å². The number of hydrogen-bond acceptors (Lipinski definition) is 2. The Hall–Kier alpha value is -0.840. The van der Waals surface area contributed by atoms with Gasteiger partial charge in [-0.3, -0.25) is 0 Å². The molecule has 0 aliphatic heterocycles. The van der Waals surface area contributed by atoms with Crippen molar-refractivity contribution in [1.82, 2.24) is 0 Å². The molecule has 0 saturated heterocycles. The highest BCUT2D eigenvalue weighted by atomic mass is 79.9. The van der Waals surface area contributed by atoms with Gasteiger partial charge in [-0.2, -0.15) is 0 Å². The number of benzene rings is 2. The van der Waals surface area contributed by atoms with Crippen molar-refractivity contribution in [3.63, 3.8) is 0 Å². The van der Waals surface area contributed by atoms with Crippen LogP contribution in [-0.4, -0.2) is 5.11 Å². The van der Waals surface area contributed by atoms with Gasteiger partial charge in [0.2, 0.25) is 0 Å². The number of halogens is 2. The van der Waals surface area contributed by atoms with Crippen LogP contribution in [0.1, 0.15) is 11.1 Å².